The number of halogens is 2. The summed E-state index contributed by atoms with van der Waals surface area (Å²) in [5.74, 6) is 0.782. The first-order valence-electron chi connectivity index (χ1n) is 5.44. The molecule has 5 heteroatoms. The van der Waals surface area contributed by atoms with Crippen LogP contribution in [0.5, 0.6) is 5.75 Å². The van der Waals surface area contributed by atoms with Gasteiger partial charge in [0.2, 0.25) is 0 Å². The average molecular weight is 382 g/mol. The summed E-state index contributed by atoms with van der Waals surface area (Å²) in [6.45, 7) is 0. The summed E-state index contributed by atoms with van der Waals surface area (Å²) in [4.78, 5) is 0. The van der Waals surface area contributed by atoms with Crippen LogP contribution < -0.4 is 10.1 Å². The van der Waals surface area contributed by atoms with Gasteiger partial charge in [-0.1, -0.05) is 0 Å². The average Bonchev–Trinajstić information content (AvgIpc) is 2.41. The second-order valence-corrected chi connectivity index (χ2v) is 5.49. The highest BCUT2D eigenvalue weighted by Gasteiger charge is 2.04. The number of nitrogens with one attached hydrogen (secondary N) is 1. The van der Waals surface area contributed by atoms with Gasteiger partial charge in [-0.3, -0.25) is 0 Å². The number of methoxy groups -OCH3 is 1. The monoisotopic (exact) mass is 380 g/mol. The zero-order chi connectivity index (χ0) is 13.8. The molecule has 96 valence electrons. The number of ether oxygens (including phenoxy) is 1. The van der Waals surface area contributed by atoms with Crippen molar-refractivity contribution in [3.05, 3.63) is 50.9 Å². The van der Waals surface area contributed by atoms with Gasteiger partial charge in [-0.15, -0.1) is 0 Å². The lowest BCUT2D eigenvalue weighted by molar-refractivity contribution is 0.412. The van der Waals surface area contributed by atoms with Gasteiger partial charge >= 0.3 is 0 Å². The molecule has 19 heavy (non-hydrogen) atoms. The Hall–Kier alpha value is -1.51. The number of hydrogen-bond acceptors (Lipinski definition) is 3. The fraction of sp³-hybridized carbons (Fsp3) is 0.0714. The predicted octanol–water partition coefficient (Wildman–Crippen LogP) is 4.84. The summed E-state index contributed by atoms with van der Waals surface area (Å²) in [6.07, 6.45) is 0. The second-order valence-electron chi connectivity index (χ2n) is 3.78. The zero-order valence-electron chi connectivity index (χ0n) is 10.1. The van der Waals surface area contributed by atoms with Gasteiger partial charge in [-0.2, -0.15) is 5.26 Å². The highest BCUT2D eigenvalue weighted by Crippen LogP contribution is 2.31. The van der Waals surface area contributed by atoms with Gasteiger partial charge in [0.25, 0.3) is 0 Å². The van der Waals surface area contributed by atoms with Gasteiger partial charge in [0.15, 0.2) is 0 Å². The summed E-state index contributed by atoms with van der Waals surface area (Å²) in [5, 5.41) is 12.1. The van der Waals surface area contributed by atoms with Crippen molar-refractivity contribution >= 4 is 43.2 Å². The van der Waals surface area contributed by atoms with E-state index in [9.17, 15) is 0 Å². The molecular weight excluding hydrogens is 372 g/mol. The summed E-state index contributed by atoms with van der Waals surface area (Å²) < 4.78 is 6.91. The van der Waals surface area contributed by atoms with Crippen LogP contribution in [0.3, 0.4) is 0 Å². The fourth-order valence-electron chi connectivity index (χ4n) is 1.59. The van der Waals surface area contributed by atoms with Crippen molar-refractivity contribution in [2.45, 2.75) is 0 Å². The van der Waals surface area contributed by atoms with Crippen molar-refractivity contribution in [3.63, 3.8) is 0 Å². The van der Waals surface area contributed by atoms with Crippen molar-refractivity contribution in [2.75, 3.05) is 12.4 Å². The Morgan fingerprint density at radius 2 is 1.89 bits per heavy atom. The maximum Gasteiger partial charge on any atom is 0.133 e. The first-order chi connectivity index (χ1) is 9.13. The third-order valence-electron chi connectivity index (χ3n) is 2.53. The minimum Gasteiger partial charge on any atom is -0.496 e. The molecule has 0 bridgehead atoms. The van der Waals surface area contributed by atoms with E-state index in [1.54, 1.807) is 19.2 Å². The van der Waals surface area contributed by atoms with E-state index in [4.69, 9.17) is 10.00 Å². The van der Waals surface area contributed by atoms with E-state index in [1.165, 1.54) is 0 Å². The predicted molar refractivity (Wildman–Crippen MR) is 82.8 cm³/mol. The summed E-state index contributed by atoms with van der Waals surface area (Å²) in [7, 11) is 1.63. The lowest BCUT2D eigenvalue weighted by Crippen LogP contribution is -1.93. The van der Waals surface area contributed by atoms with Gasteiger partial charge in [-0.05, 0) is 68.3 Å². The molecule has 0 radical (unpaired) electrons. The molecule has 0 atom stereocenters. The van der Waals surface area contributed by atoms with Gasteiger partial charge < -0.3 is 10.1 Å². The quantitative estimate of drug-likeness (QED) is 0.827. The van der Waals surface area contributed by atoms with Gasteiger partial charge in [-0.25, -0.2) is 0 Å². The van der Waals surface area contributed by atoms with Crippen LogP contribution in [0.2, 0.25) is 0 Å². The number of rotatable bonds is 3. The summed E-state index contributed by atoms with van der Waals surface area (Å²) in [6, 6.07) is 13.2. The van der Waals surface area contributed by atoms with E-state index >= 15 is 0 Å². The molecule has 0 saturated heterocycles. The Balaban J connectivity index is 2.26. The summed E-state index contributed by atoms with van der Waals surface area (Å²) in [5.41, 5.74) is 2.45. The van der Waals surface area contributed by atoms with Crippen molar-refractivity contribution in [3.8, 4) is 11.8 Å². The van der Waals surface area contributed by atoms with E-state index < -0.39 is 0 Å². The van der Waals surface area contributed by atoms with Gasteiger partial charge in [0, 0.05) is 10.2 Å². The van der Waals surface area contributed by atoms with Crippen LogP contribution in [0.4, 0.5) is 11.4 Å². The molecular formula is C14H10Br2N2O. The molecule has 1 N–H and O–H groups in total. The lowest BCUT2D eigenvalue weighted by Gasteiger charge is -2.10. The molecule has 0 amide bonds. The molecule has 2 aromatic rings. The first kappa shape index (κ1) is 13.9. The van der Waals surface area contributed by atoms with Crippen molar-refractivity contribution in [1.29, 1.82) is 5.26 Å². The van der Waals surface area contributed by atoms with Crippen molar-refractivity contribution in [2.24, 2.45) is 0 Å². The summed E-state index contributed by atoms with van der Waals surface area (Å²) >= 11 is 6.88. The van der Waals surface area contributed by atoms with E-state index in [0.29, 0.717) is 5.56 Å². The molecule has 0 aliphatic carbocycles. The highest BCUT2D eigenvalue weighted by molar-refractivity contribution is 9.11. The Bertz CT molecular complexity index is 650. The van der Waals surface area contributed by atoms with Crippen molar-refractivity contribution < 1.29 is 4.74 Å². The zero-order valence-corrected chi connectivity index (χ0v) is 13.2. The number of nitriles is 1. The molecule has 3 nitrogen and oxygen atoms in total. The number of nitrogens with zero attached hydrogens (tertiary/aromatic N) is 1. The number of hydrogen-bond donors (Lipinski definition) is 1. The van der Waals surface area contributed by atoms with E-state index in [0.717, 1.165) is 26.1 Å². The van der Waals surface area contributed by atoms with E-state index in [-0.39, 0.29) is 0 Å². The largest absolute Gasteiger partial charge is 0.496 e. The minimum absolute atomic E-state index is 0.619. The molecule has 2 aromatic carbocycles. The Kier molecular flexibility index (Phi) is 4.46. The Morgan fingerprint density at radius 3 is 2.47 bits per heavy atom. The minimum atomic E-state index is 0.619. The van der Waals surface area contributed by atoms with Crippen LogP contribution in [0.25, 0.3) is 0 Å². The van der Waals surface area contributed by atoms with Crippen LogP contribution in [0.1, 0.15) is 5.56 Å². The molecule has 0 spiro atoms. The van der Waals surface area contributed by atoms with Crippen LogP contribution in [-0.4, -0.2) is 7.11 Å². The first-order valence-corrected chi connectivity index (χ1v) is 7.03. The third kappa shape index (κ3) is 3.28. The van der Waals surface area contributed by atoms with E-state index in [2.05, 4.69) is 43.2 Å². The van der Waals surface area contributed by atoms with Crippen LogP contribution in [0.15, 0.2) is 45.3 Å². The second kappa shape index (κ2) is 6.09. The van der Waals surface area contributed by atoms with Gasteiger partial charge in [0.05, 0.1) is 28.9 Å². The van der Waals surface area contributed by atoms with Crippen LogP contribution in [0, 0.1) is 11.3 Å². The SMILES string of the molecule is COc1ccc(Nc2ccc(C#N)cc2Br)cc1Br. The normalized spacial score (nSPS) is 9.79. The molecule has 0 aliphatic heterocycles. The fourth-order valence-corrected chi connectivity index (χ4v) is 2.60. The van der Waals surface area contributed by atoms with E-state index in [1.807, 2.05) is 24.3 Å². The number of benzene rings is 2. The topological polar surface area (TPSA) is 45.0 Å². The Morgan fingerprint density at radius 1 is 1.11 bits per heavy atom. The maximum atomic E-state index is 8.83. The maximum absolute atomic E-state index is 8.83. The standard InChI is InChI=1S/C14H10Br2N2O/c1-19-14-5-3-10(7-12(14)16)18-13-4-2-9(8-17)6-11(13)15/h2-7,18H,1H3. The Labute approximate surface area is 128 Å². The molecule has 0 saturated carbocycles. The highest BCUT2D eigenvalue weighted by atomic mass is 79.9. The van der Waals surface area contributed by atoms with Crippen molar-refractivity contribution in [1.82, 2.24) is 0 Å². The molecule has 0 heterocycles. The molecule has 0 fully saturated rings. The molecule has 0 aliphatic rings. The smallest absolute Gasteiger partial charge is 0.133 e. The van der Waals surface area contributed by atoms with Crippen LogP contribution in [-0.2, 0) is 0 Å². The third-order valence-corrected chi connectivity index (χ3v) is 3.80. The molecule has 0 aromatic heterocycles. The molecule has 0 unspecified atom stereocenters. The number of anilines is 2. The van der Waals surface area contributed by atoms with Crippen LogP contribution >= 0.6 is 31.9 Å². The lowest BCUT2D eigenvalue weighted by atomic mass is 10.2. The molecule has 2 rings (SSSR count). The van der Waals surface area contributed by atoms with Gasteiger partial charge in [0.1, 0.15) is 5.75 Å².